The zero-order valence-corrected chi connectivity index (χ0v) is 22.8. The van der Waals surface area contributed by atoms with E-state index in [1.54, 1.807) is 19.0 Å². The molecule has 13 nitrogen and oxygen atoms in total. The molecule has 1 heterocycles. The summed E-state index contributed by atoms with van der Waals surface area (Å²) in [6.07, 6.45) is 1.39. The number of carbonyl (C=O) groups is 4. The summed E-state index contributed by atoms with van der Waals surface area (Å²) in [5.74, 6) is -8.19. The van der Waals surface area contributed by atoms with Crippen LogP contribution >= 0.6 is 0 Å². The van der Waals surface area contributed by atoms with E-state index in [1.165, 1.54) is 43.5 Å². The van der Waals surface area contributed by atoms with E-state index in [-0.39, 0.29) is 35.4 Å². The van der Waals surface area contributed by atoms with E-state index in [1.807, 2.05) is 0 Å². The lowest BCUT2D eigenvalue weighted by atomic mass is 9.57. The summed E-state index contributed by atoms with van der Waals surface area (Å²) >= 11 is 0. The van der Waals surface area contributed by atoms with Crippen LogP contribution in [0.4, 0.5) is 11.4 Å². The second-order valence-corrected chi connectivity index (χ2v) is 10.9. The fraction of sp³-hybridized carbons (Fsp3) is 0.357. The number of primary amides is 1. The number of nitrogens with two attached hydrogens (primary N) is 1. The van der Waals surface area contributed by atoms with Gasteiger partial charge in [0, 0.05) is 31.3 Å². The van der Waals surface area contributed by atoms with Crippen molar-refractivity contribution in [3.05, 3.63) is 58.3 Å². The normalized spacial score (nSPS) is 25.6. The highest BCUT2D eigenvalue weighted by Crippen LogP contribution is 2.54. The Labute approximate surface area is 234 Å². The predicted molar refractivity (Wildman–Crippen MR) is 145 cm³/mol. The summed E-state index contributed by atoms with van der Waals surface area (Å²) in [5.41, 5.74) is 2.23. The Morgan fingerprint density at radius 1 is 1.15 bits per heavy atom. The number of phenolic OH excluding ortho intramolecular Hbond substituents is 1. The van der Waals surface area contributed by atoms with E-state index in [0.717, 1.165) is 0 Å². The van der Waals surface area contributed by atoms with Gasteiger partial charge in [0.1, 0.15) is 22.8 Å². The van der Waals surface area contributed by atoms with Crippen molar-refractivity contribution in [2.24, 2.45) is 17.6 Å². The van der Waals surface area contributed by atoms with Crippen LogP contribution < -0.4 is 16.0 Å². The van der Waals surface area contributed by atoms with Gasteiger partial charge in [-0.15, -0.1) is 0 Å². The molecular formula is C28H30N4O9. The maximum atomic E-state index is 14.0. The quantitative estimate of drug-likeness (QED) is 0.221. The standard InChI is InChI=1S/C28H30N4O9/c1-31(2)15-10-14(30-27(39)16-6-5-7-41-16)21(33)18-12(15)8-11-9-13-20(32(3)4)23(35)19(26(29)38)25(37)28(13,40)24(36)17(11)22(18)34/h5-7,10-11,13,20,33-34,37,40H,8-9H2,1-4H3,(H2,29,38)(H,30,39)/t11?,13?,20-,28?/m0/s1. The summed E-state index contributed by atoms with van der Waals surface area (Å²) in [6, 6.07) is 3.29. The summed E-state index contributed by atoms with van der Waals surface area (Å²) in [6.45, 7) is 0. The maximum absolute atomic E-state index is 14.0. The minimum Gasteiger partial charge on any atom is -0.508 e. The number of hydrogen-bond donors (Lipinski definition) is 6. The number of hydrogen-bond acceptors (Lipinski definition) is 11. The Morgan fingerprint density at radius 3 is 2.39 bits per heavy atom. The first-order valence-electron chi connectivity index (χ1n) is 12.8. The molecule has 3 aliphatic rings. The number of benzene rings is 1. The Bertz CT molecular complexity index is 1570. The summed E-state index contributed by atoms with van der Waals surface area (Å²) in [4.78, 5) is 55.2. The summed E-state index contributed by atoms with van der Waals surface area (Å²) in [7, 11) is 6.52. The highest BCUT2D eigenvalue weighted by molar-refractivity contribution is 6.24. The first-order valence-corrected chi connectivity index (χ1v) is 12.8. The number of nitrogens with one attached hydrogen (secondary N) is 1. The minimum absolute atomic E-state index is 0.0262. The second-order valence-electron chi connectivity index (χ2n) is 10.9. The van der Waals surface area contributed by atoms with Crippen molar-refractivity contribution in [1.82, 2.24) is 4.90 Å². The number of phenols is 1. The van der Waals surface area contributed by atoms with Gasteiger partial charge in [0.25, 0.3) is 11.8 Å². The van der Waals surface area contributed by atoms with E-state index in [9.17, 15) is 39.6 Å². The number of aliphatic hydroxyl groups excluding tert-OH is 2. The molecule has 41 heavy (non-hydrogen) atoms. The van der Waals surface area contributed by atoms with E-state index < -0.39 is 69.7 Å². The first kappa shape index (κ1) is 27.9. The van der Waals surface area contributed by atoms with Crippen LogP contribution in [0.3, 0.4) is 0 Å². The molecule has 1 aromatic heterocycles. The van der Waals surface area contributed by atoms with E-state index in [2.05, 4.69) is 5.32 Å². The number of amides is 2. The second kappa shape index (κ2) is 9.49. The molecule has 0 bridgehead atoms. The molecule has 3 aliphatic carbocycles. The van der Waals surface area contributed by atoms with Crippen LogP contribution in [0, 0.1) is 11.8 Å². The lowest BCUT2D eigenvalue weighted by molar-refractivity contribution is -0.153. The number of likely N-dealkylation sites (N-methyl/N-ethyl adjacent to an activating group) is 1. The molecule has 0 spiro atoms. The van der Waals surface area contributed by atoms with Crippen LogP contribution in [0.5, 0.6) is 5.75 Å². The van der Waals surface area contributed by atoms with Crippen molar-refractivity contribution in [3.8, 4) is 5.75 Å². The molecule has 1 fully saturated rings. The number of furan rings is 1. The number of anilines is 2. The Hall–Kier alpha value is -4.62. The lowest BCUT2D eigenvalue weighted by Crippen LogP contribution is -2.65. The molecule has 1 aromatic carbocycles. The van der Waals surface area contributed by atoms with Crippen molar-refractivity contribution < 1.29 is 44.0 Å². The van der Waals surface area contributed by atoms with E-state index >= 15 is 0 Å². The number of aliphatic hydroxyl groups is 3. The molecule has 2 aromatic rings. The van der Waals surface area contributed by atoms with Crippen LogP contribution in [0.1, 0.15) is 28.1 Å². The molecule has 5 rings (SSSR count). The molecule has 216 valence electrons. The number of nitrogens with zero attached hydrogens (tertiary/aromatic N) is 2. The van der Waals surface area contributed by atoms with Gasteiger partial charge in [-0.2, -0.15) is 0 Å². The SMILES string of the molecule is CN(C)c1cc(NC(=O)c2ccco2)c(O)c2c1CC1CC3[C@H](N(C)C)C(=O)C(C(N)=O)=C(O)C3(O)C(=O)C1=C2O. The zero-order chi connectivity index (χ0) is 30.1. The zero-order valence-electron chi connectivity index (χ0n) is 22.8. The molecule has 13 heteroatoms. The number of carbonyl (C=O) groups excluding carboxylic acids is 4. The van der Waals surface area contributed by atoms with E-state index in [4.69, 9.17) is 10.2 Å². The Kier molecular flexibility index (Phi) is 6.46. The smallest absolute Gasteiger partial charge is 0.291 e. The molecule has 1 saturated carbocycles. The predicted octanol–water partition coefficient (Wildman–Crippen LogP) is 0.875. The number of Topliss-reactive ketones (excluding diaryl/α,β-unsaturated/α-hetero) is 2. The fourth-order valence-corrected chi connectivity index (χ4v) is 6.38. The monoisotopic (exact) mass is 566 g/mol. The maximum Gasteiger partial charge on any atom is 0.291 e. The van der Waals surface area contributed by atoms with Gasteiger partial charge in [-0.3, -0.25) is 24.1 Å². The van der Waals surface area contributed by atoms with Gasteiger partial charge in [-0.1, -0.05) is 0 Å². The molecule has 2 amide bonds. The Morgan fingerprint density at radius 2 is 1.83 bits per heavy atom. The van der Waals surface area contributed by atoms with Crippen molar-refractivity contribution >= 4 is 40.5 Å². The fourth-order valence-electron chi connectivity index (χ4n) is 6.38. The first-order chi connectivity index (χ1) is 19.2. The van der Waals surface area contributed by atoms with Gasteiger partial charge in [0.2, 0.25) is 5.78 Å². The van der Waals surface area contributed by atoms with Gasteiger partial charge < -0.3 is 40.8 Å². The topological polar surface area (TPSA) is 207 Å². The number of rotatable bonds is 5. The van der Waals surface area contributed by atoms with Crippen LogP contribution in [0.2, 0.25) is 0 Å². The lowest BCUT2D eigenvalue weighted by Gasteiger charge is -2.50. The van der Waals surface area contributed by atoms with Crippen LogP contribution in [0.25, 0.3) is 5.76 Å². The van der Waals surface area contributed by atoms with Gasteiger partial charge >= 0.3 is 0 Å². The van der Waals surface area contributed by atoms with Gasteiger partial charge in [-0.25, -0.2) is 0 Å². The van der Waals surface area contributed by atoms with E-state index in [0.29, 0.717) is 11.3 Å². The highest BCUT2D eigenvalue weighted by atomic mass is 16.4. The molecule has 4 atom stereocenters. The average molecular weight is 567 g/mol. The average Bonchev–Trinajstić information content (AvgIpc) is 3.42. The Balaban J connectivity index is 1.71. The third kappa shape index (κ3) is 3.91. The van der Waals surface area contributed by atoms with Gasteiger partial charge in [0.15, 0.2) is 17.1 Å². The highest BCUT2D eigenvalue weighted by Gasteiger charge is 2.64. The summed E-state index contributed by atoms with van der Waals surface area (Å²) in [5, 5.41) is 48.0. The van der Waals surface area contributed by atoms with Crippen LogP contribution in [0.15, 0.2) is 45.8 Å². The number of fused-ring (bicyclic) bond motifs is 3. The number of aromatic hydroxyl groups is 1. The van der Waals surface area contributed by atoms with Gasteiger partial charge in [0.05, 0.1) is 23.6 Å². The van der Waals surface area contributed by atoms with Crippen molar-refractivity contribution in [2.75, 3.05) is 38.4 Å². The number of ketones is 2. The molecule has 0 saturated heterocycles. The molecule has 3 unspecified atom stereocenters. The molecule has 7 N–H and O–H groups in total. The van der Waals surface area contributed by atoms with Crippen LogP contribution in [-0.2, 0) is 20.8 Å². The third-order valence-corrected chi connectivity index (χ3v) is 8.17. The third-order valence-electron chi connectivity index (χ3n) is 8.17. The largest absolute Gasteiger partial charge is 0.508 e. The summed E-state index contributed by atoms with van der Waals surface area (Å²) < 4.78 is 5.11. The van der Waals surface area contributed by atoms with Crippen molar-refractivity contribution in [1.29, 1.82) is 0 Å². The minimum atomic E-state index is -2.74. The van der Waals surface area contributed by atoms with Gasteiger partial charge in [-0.05, 0) is 56.6 Å². The molecule has 0 radical (unpaired) electrons. The van der Waals surface area contributed by atoms with Crippen molar-refractivity contribution in [3.63, 3.8) is 0 Å². The van der Waals surface area contributed by atoms with Crippen molar-refractivity contribution in [2.45, 2.75) is 24.5 Å². The molecule has 0 aliphatic heterocycles. The molecular weight excluding hydrogens is 536 g/mol. The van der Waals surface area contributed by atoms with Crippen LogP contribution in [-0.4, -0.2) is 88.5 Å².